The van der Waals surface area contributed by atoms with E-state index in [0.717, 1.165) is 12.1 Å². The third-order valence-electron chi connectivity index (χ3n) is 6.77. The van der Waals surface area contributed by atoms with E-state index in [9.17, 15) is 14.9 Å². The van der Waals surface area contributed by atoms with Gasteiger partial charge < -0.3 is 14.5 Å². The third-order valence-corrected chi connectivity index (χ3v) is 7.02. The second-order valence-electron chi connectivity index (χ2n) is 10.8. The fourth-order valence-corrected chi connectivity index (χ4v) is 5.12. The van der Waals surface area contributed by atoms with Gasteiger partial charge in [-0.15, -0.1) is 0 Å². The van der Waals surface area contributed by atoms with Crippen molar-refractivity contribution in [3.8, 4) is 0 Å². The summed E-state index contributed by atoms with van der Waals surface area (Å²) in [6.45, 7) is 7.73. The summed E-state index contributed by atoms with van der Waals surface area (Å²) < 4.78 is 5.69. The van der Waals surface area contributed by atoms with Crippen LogP contribution < -0.4 is 4.90 Å². The van der Waals surface area contributed by atoms with Crippen LogP contribution in [0, 0.1) is 22.0 Å². The molecule has 2 atom stereocenters. The van der Waals surface area contributed by atoms with Crippen LogP contribution in [0.3, 0.4) is 0 Å². The fraction of sp³-hybridized carbons (Fsp3) is 0.367. The lowest BCUT2D eigenvalue weighted by molar-refractivity contribution is -0.385. The normalized spacial score (nSPS) is 17.3. The van der Waals surface area contributed by atoms with Gasteiger partial charge in [0.2, 0.25) is 0 Å². The highest BCUT2D eigenvalue weighted by atomic mass is 35.5. The molecule has 0 spiro atoms. The van der Waals surface area contributed by atoms with Crippen LogP contribution in [-0.4, -0.2) is 41.2 Å². The van der Waals surface area contributed by atoms with Crippen LogP contribution in [0.4, 0.5) is 16.2 Å². The molecule has 1 aliphatic heterocycles. The number of para-hydroxylation sites is 1. The Morgan fingerprint density at radius 2 is 1.63 bits per heavy atom. The van der Waals surface area contributed by atoms with Gasteiger partial charge in [-0.1, -0.05) is 60.1 Å². The van der Waals surface area contributed by atoms with Crippen molar-refractivity contribution in [2.24, 2.45) is 11.8 Å². The minimum atomic E-state index is -0.578. The lowest BCUT2D eigenvalue weighted by Crippen LogP contribution is -2.36. The van der Waals surface area contributed by atoms with Gasteiger partial charge in [-0.05, 0) is 68.9 Å². The number of ether oxygens (including phenoxy) is 1. The van der Waals surface area contributed by atoms with E-state index in [1.54, 1.807) is 17.0 Å². The number of halogens is 1. The van der Waals surface area contributed by atoms with Crippen molar-refractivity contribution < 1.29 is 14.5 Å². The van der Waals surface area contributed by atoms with E-state index in [0.29, 0.717) is 36.8 Å². The van der Waals surface area contributed by atoms with E-state index in [-0.39, 0.29) is 28.5 Å². The summed E-state index contributed by atoms with van der Waals surface area (Å²) in [7, 11) is 0. The lowest BCUT2D eigenvalue weighted by Gasteiger charge is -2.30. The third kappa shape index (κ3) is 7.25. The zero-order valence-electron chi connectivity index (χ0n) is 22.0. The summed E-state index contributed by atoms with van der Waals surface area (Å²) in [6, 6.07) is 24.6. The highest BCUT2D eigenvalue weighted by molar-refractivity contribution is 6.30. The second-order valence-corrected chi connectivity index (χ2v) is 11.3. The van der Waals surface area contributed by atoms with Crippen LogP contribution >= 0.6 is 11.6 Å². The van der Waals surface area contributed by atoms with Gasteiger partial charge >= 0.3 is 6.09 Å². The average molecular weight is 536 g/mol. The van der Waals surface area contributed by atoms with Crippen LogP contribution in [0.1, 0.15) is 31.9 Å². The molecule has 2 unspecified atom stereocenters. The van der Waals surface area contributed by atoms with Crippen molar-refractivity contribution in [1.29, 1.82) is 0 Å². The molecule has 0 aromatic heterocycles. The quantitative estimate of drug-likeness (QED) is 0.230. The molecule has 1 saturated heterocycles. The molecule has 3 aromatic rings. The molecular weight excluding hydrogens is 502 g/mol. The van der Waals surface area contributed by atoms with E-state index < -0.39 is 5.60 Å². The molecule has 1 heterocycles. The van der Waals surface area contributed by atoms with Gasteiger partial charge in [-0.2, -0.15) is 0 Å². The van der Waals surface area contributed by atoms with Gasteiger partial charge in [0.05, 0.1) is 4.92 Å². The number of anilines is 1. The number of nitro benzene ring substituents is 1. The zero-order valence-corrected chi connectivity index (χ0v) is 22.8. The number of nitro groups is 1. The van der Waals surface area contributed by atoms with Gasteiger partial charge in [0.25, 0.3) is 5.69 Å². The number of hydrogen-bond donors (Lipinski definition) is 0. The Balaban J connectivity index is 1.63. The van der Waals surface area contributed by atoms with E-state index in [4.69, 9.17) is 16.3 Å². The number of rotatable bonds is 8. The SMILES string of the molecule is CC(C)(C)OC(=O)N1CC(Cc2ccccc2)C(CN(Cc2ccccc2[N+](=O)[O-])c2ccc(Cl)cc2)C1. The highest BCUT2D eigenvalue weighted by Crippen LogP contribution is 2.32. The first kappa shape index (κ1) is 27.5. The summed E-state index contributed by atoms with van der Waals surface area (Å²) in [4.78, 5) is 28.3. The first-order valence-electron chi connectivity index (χ1n) is 12.8. The molecule has 1 aliphatic rings. The molecular formula is C30H34ClN3O4. The number of hydrogen-bond acceptors (Lipinski definition) is 5. The Kier molecular flexibility index (Phi) is 8.57. The topological polar surface area (TPSA) is 75.9 Å². The summed E-state index contributed by atoms with van der Waals surface area (Å²) >= 11 is 6.17. The fourth-order valence-electron chi connectivity index (χ4n) is 4.99. The van der Waals surface area contributed by atoms with Crippen molar-refractivity contribution in [2.45, 2.75) is 39.3 Å². The van der Waals surface area contributed by atoms with Crippen molar-refractivity contribution in [1.82, 2.24) is 4.90 Å². The Hall–Kier alpha value is -3.58. The number of nitrogens with zero attached hydrogens (tertiary/aromatic N) is 3. The number of carbonyl (C=O) groups excluding carboxylic acids is 1. The first-order valence-corrected chi connectivity index (χ1v) is 13.2. The molecule has 0 saturated carbocycles. The van der Waals surface area contributed by atoms with E-state index in [1.165, 1.54) is 11.6 Å². The van der Waals surface area contributed by atoms with Crippen molar-refractivity contribution in [2.75, 3.05) is 24.5 Å². The van der Waals surface area contributed by atoms with Gasteiger partial charge in [0, 0.05) is 48.5 Å². The van der Waals surface area contributed by atoms with Crippen molar-refractivity contribution >= 4 is 29.1 Å². The monoisotopic (exact) mass is 535 g/mol. The van der Waals surface area contributed by atoms with Gasteiger partial charge in [-0.25, -0.2) is 4.79 Å². The first-order chi connectivity index (χ1) is 18.1. The predicted molar refractivity (Wildman–Crippen MR) is 151 cm³/mol. The van der Waals surface area contributed by atoms with Crippen molar-refractivity contribution in [3.63, 3.8) is 0 Å². The largest absolute Gasteiger partial charge is 0.444 e. The molecule has 0 radical (unpaired) electrons. The Morgan fingerprint density at radius 3 is 2.29 bits per heavy atom. The smallest absolute Gasteiger partial charge is 0.410 e. The number of carbonyl (C=O) groups is 1. The maximum Gasteiger partial charge on any atom is 0.410 e. The van der Waals surface area contributed by atoms with Crippen LogP contribution in [0.5, 0.6) is 0 Å². The van der Waals surface area contributed by atoms with E-state index in [2.05, 4.69) is 17.0 Å². The van der Waals surface area contributed by atoms with Crippen LogP contribution in [0.25, 0.3) is 0 Å². The maximum atomic E-state index is 13.0. The van der Waals surface area contributed by atoms with Crippen LogP contribution in [0.15, 0.2) is 78.9 Å². The maximum absolute atomic E-state index is 13.0. The van der Waals surface area contributed by atoms with Crippen LogP contribution in [-0.2, 0) is 17.7 Å². The summed E-state index contributed by atoms with van der Waals surface area (Å²) in [5.41, 5.74) is 2.28. The molecule has 0 bridgehead atoms. The summed E-state index contributed by atoms with van der Waals surface area (Å²) in [5, 5.41) is 12.4. The number of amides is 1. The van der Waals surface area contributed by atoms with E-state index >= 15 is 0 Å². The molecule has 1 fully saturated rings. The summed E-state index contributed by atoms with van der Waals surface area (Å²) in [6.07, 6.45) is 0.514. The van der Waals surface area contributed by atoms with Crippen LogP contribution in [0.2, 0.25) is 5.02 Å². The molecule has 3 aromatic carbocycles. The molecule has 38 heavy (non-hydrogen) atoms. The minimum absolute atomic E-state index is 0.0918. The van der Waals surface area contributed by atoms with Gasteiger partial charge in [-0.3, -0.25) is 10.1 Å². The second kappa shape index (κ2) is 11.9. The van der Waals surface area contributed by atoms with E-state index in [1.807, 2.05) is 69.3 Å². The van der Waals surface area contributed by atoms with Gasteiger partial charge in [0.1, 0.15) is 5.60 Å². The number of likely N-dealkylation sites (tertiary alicyclic amines) is 1. The predicted octanol–water partition coefficient (Wildman–Crippen LogP) is 6.98. The standard InChI is InChI=1S/C30H34ClN3O4/c1-30(2,3)38-29(35)33-19-24(17-22-9-5-4-6-10-22)25(21-33)20-32(27-15-13-26(31)14-16-27)18-23-11-7-8-12-28(23)34(36)37/h4-16,24-25H,17-21H2,1-3H3. The molecule has 200 valence electrons. The molecule has 7 nitrogen and oxygen atoms in total. The molecule has 4 rings (SSSR count). The molecule has 0 aliphatic carbocycles. The van der Waals surface area contributed by atoms with Gasteiger partial charge in [0.15, 0.2) is 0 Å². The zero-order chi connectivity index (χ0) is 27.3. The molecule has 0 N–H and O–H groups in total. The molecule has 1 amide bonds. The average Bonchev–Trinajstić information content (AvgIpc) is 3.26. The highest BCUT2D eigenvalue weighted by Gasteiger charge is 2.38. The Bertz CT molecular complexity index is 1240. The van der Waals surface area contributed by atoms with Crippen molar-refractivity contribution in [3.05, 3.63) is 105 Å². The lowest BCUT2D eigenvalue weighted by atomic mass is 9.89. The Labute approximate surface area is 229 Å². The summed E-state index contributed by atoms with van der Waals surface area (Å²) in [5.74, 6) is 0.326. The minimum Gasteiger partial charge on any atom is -0.444 e. The molecule has 8 heteroatoms. The number of benzene rings is 3. The Morgan fingerprint density at radius 1 is 1.00 bits per heavy atom.